The van der Waals surface area contributed by atoms with Crippen molar-refractivity contribution in [1.29, 1.82) is 0 Å². The molecule has 0 fully saturated rings. The molecule has 2 aromatic rings. The molecule has 25 heavy (non-hydrogen) atoms. The number of hydrogen-bond acceptors (Lipinski definition) is 5. The number of alkyl halides is 3. The summed E-state index contributed by atoms with van der Waals surface area (Å²) in [4.78, 5) is 10.9. The number of carbonyl (C=O) groups is 1. The molecule has 0 aliphatic heterocycles. The first kappa shape index (κ1) is 19.1. The Morgan fingerprint density at radius 1 is 1.12 bits per heavy atom. The number of hydrogen-bond donors (Lipinski definition) is 0. The van der Waals surface area contributed by atoms with Crippen LogP contribution in [-0.4, -0.2) is 21.5 Å². The maximum Gasteiger partial charge on any atom is 0.417 e. The van der Waals surface area contributed by atoms with Crippen LogP contribution in [0.4, 0.5) is 13.2 Å². The first-order valence-corrected chi connectivity index (χ1v) is 8.33. The van der Waals surface area contributed by atoms with Crippen molar-refractivity contribution in [3.8, 4) is 5.75 Å². The average molecular weight is 395 g/mol. The van der Waals surface area contributed by atoms with Gasteiger partial charge < -0.3 is 8.92 Å². The summed E-state index contributed by atoms with van der Waals surface area (Å²) in [5, 5.41) is -0.651. The molecule has 0 amide bonds. The van der Waals surface area contributed by atoms with Crippen molar-refractivity contribution in [3.05, 3.63) is 58.6 Å². The van der Waals surface area contributed by atoms with E-state index in [4.69, 9.17) is 15.8 Å². The van der Waals surface area contributed by atoms with Crippen LogP contribution in [0.5, 0.6) is 5.75 Å². The summed E-state index contributed by atoms with van der Waals surface area (Å²) in [6, 6.07) is 7.28. The minimum atomic E-state index is -4.84. The Bertz CT molecular complexity index is 910. The minimum absolute atomic E-state index is 0.196. The van der Waals surface area contributed by atoms with Gasteiger partial charge in [-0.2, -0.15) is 21.6 Å². The first-order valence-electron chi connectivity index (χ1n) is 6.55. The van der Waals surface area contributed by atoms with E-state index < -0.39 is 37.7 Å². The van der Waals surface area contributed by atoms with Crippen molar-refractivity contribution in [3.63, 3.8) is 0 Å². The standard InChI is InChI=1S/C15H10ClF3O5S/c1-23-14(20)10-4-2-3-5-13(10)24-25(21,22)9-6-7-12(16)11(8-9)15(17,18)19/h2-8H,1H3. The number of rotatable bonds is 4. The third-order valence-corrected chi connectivity index (χ3v) is 4.58. The van der Waals surface area contributed by atoms with Crippen molar-refractivity contribution in [2.24, 2.45) is 0 Å². The van der Waals surface area contributed by atoms with Gasteiger partial charge in [0.05, 0.1) is 17.7 Å². The van der Waals surface area contributed by atoms with Gasteiger partial charge in [0.2, 0.25) is 0 Å². The summed E-state index contributed by atoms with van der Waals surface area (Å²) in [6.07, 6.45) is -4.84. The first-order chi connectivity index (χ1) is 11.6. The summed E-state index contributed by atoms with van der Waals surface area (Å²) in [5.41, 5.74) is -1.52. The van der Waals surface area contributed by atoms with Crippen LogP contribution in [0.3, 0.4) is 0 Å². The van der Waals surface area contributed by atoms with Crippen LogP contribution in [0, 0.1) is 0 Å². The van der Waals surface area contributed by atoms with Crippen LogP contribution in [0.1, 0.15) is 15.9 Å². The van der Waals surface area contributed by atoms with E-state index in [2.05, 4.69) is 4.74 Å². The zero-order valence-corrected chi connectivity index (χ0v) is 14.1. The lowest BCUT2D eigenvalue weighted by atomic mass is 10.2. The van der Waals surface area contributed by atoms with Crippen molar-refractivity contribution in [2.75, 3.05) is 7.11 Å². The smallest absolute Gasteiger partial charge is 0.417 e. The molecule has 0 unspecified atom stereocenters. The predicted molar refractivity (Wildman–Crippen MR) is 82.0 cm³/mol. The molecule has 10 heteroatoms. The second kappa shape index (κ2) is 6.93. The van der Waals surface area contributed by atoms with E-state index >= 15 is 0 Å². The molecule has 0 saturated heterocycles. The van der Waals surface area contributed by atoms with E-state index in [9.17, 15) is 26.4 Å². The van der Waals surface area contributed by atoms with Crippen LogP contribution in [-0.2, 0) is 21.0 Å². The molecule has 134 valence electrons. The van der Waals surface area contributed by atoms with Crippen molar-refractivity contribution >= 4 is 27.7 Å². The van der Waals surface area contributed by atoms with Crippen LogP contribution in [0.25, 0.3) is 0 Å². The van der Waals surface area contributed by atoms with Crippen LogP contribution in [0.15, 0.2) is 47.4 Å². The highest BCUT2D eigenvalue weighted by Crippen LogP contribution is 2.36. The zero-order valence-electron chi connectivity index (χ0n) is 12.5. The maximum atomic E-state index is 12.9. The van der Waals surface area contributed by atoms with Gasteiger partial charge in [-0.3, -0.25) is 0 Å². The van der Waals surface area contributed by atoms with Gasteiger partial charge >= 0.3 is 22.3 Å². The number of para-hydroxylation sites is 1. The third-order valence-electron chi connectivity index (χ3n) is 3.02. The maximum absolute atomic E-state index is 12.9. The monoisotopic (exact) mass is 394 g/mol. The van der Waals surface area contributed by atoms with Gasteiger partial charge in [-0.25, -0.2) is 4.79 Å². The minimum Gasteiger partial charge on any atom is -0.465 e. The van der Waals surface area contributed by atoms with Gasteiger partial charge in [0.15, 0.2) is 5.75 Å². The molecular formula is C15H10ClF3O5S. The number of halogens is 4. The number of esters is 1. The van der Waals surface area contributed by atoms with E-state index in [1.807, 2.05) is 0 Å². The lowest BCUT2D eigenvalue weighted by Crippen LogP contribution is -2.14. The number of ether oxygens (including phenoxy) is 1. The molecule has 0 radical (unpaired) electrons. The topological polar surface area (TPSA) is 69.7 Å². The van der Waals surface area contributed by atoms with Gasteiger partial charge in [0.1, 0.15) is 10.5 Å². The van der Waals surface area contributed by atoms with Crippen molar-refractivity contribution in [2.45, 2.75) is 11.1 Å². The second-order valence-corrected chi connectivity index (χ2v) is 6.62. The molecule has 0 saturated carbocycles. The molecule has 0 bridgehead atoms. The second-order valence-electron chi connectivity index (χ2n) is 4.66. The molecule has 0 spiro atoms. The summed E-state index contributed by atoms with van der Waals surface area (Å²) >= 11 is 5.46. The lowest BCUT2D eigenvalue weighted by molar-refractivity contribution is -0.137. The molecule has 5 nitrogen and oxygen atoms in total. The van der Waals surface area contributed by atoms with Gasteiger partial charge in [0.25, 0.3) is 0 Å². The Balaban J connectivity index is 2.47. The molecule has 0 N–H and O–H groups in total. The molecule has 0 aromatic heterocycles. The Morgan fingerprint density at radius 2 is 1.76 bits per heavy atom. The van der Waals surface area contributed by atoms with Crippen molar-refractivity contribution in [1.82, 2.24) is 0 Å². The Labute approximate surface area is 146 Å². The third kappa shape index (κ3) is 4.23. The summed E-state index contributed by atoms with van der Waals surface area (Å²) in [5.74, 6) is -1.24. The van der Waals surface area contributed by atoms with Crippen LogP contribution < -0.4 is 4.18 Å². The molecule has 2 rings (SSSR count). The van der Waals surface area contributed by atoms with Crippen LogP contribution >= 0.6 is 11.6 Å². The summed E-state index contributed by atoms with van der Waals surface area (Å²) < 4.78 is 72.5. The molecule has 0 aliphatic carbocycles. The zero-order chi connectivity index (χ0) is 18.8. The average Bonchev–Trinajstić information content (AvgIpc) is 2.53. The fourth-order valence-electron chi connectivity index (χ4n) is 1.86. The molecule has 0 atom stereocenters. The Kier molecular flexibility index (Phi) is 5.28. The Morgan fingerprint density at radius 3 is 2.36 bits per heavy atom. The number of benzene rings is 2. The summed E-state index contributed by atoms with van der Waals surface area (Å²) in [7, 11) is -3.56. The molecule has 0 aliphatic rings. The number of carbonyl (C=O) groups excluding carboxylic acids is 1. The van der Waals surface area contributed by atoms with E-state index in [-0.39, 0.29) is 11.3 Å². The van der Waals surface area contributed by atoms with Gasteiger partial charge in [-0.1, -0.05) is 23.7 Å². The van der Waals surface area contributed by atoms with E-state index in [1.54, 1.807) is 0 Å². The number of methoxy groups -OCH3 is 1. The lowest BCUT2D eigenvalue weighted by Gasteiger charge is -2.13. The van der Waals surface area contributed by atoms with Gasteiger partial charge in [0, 0.05) is 0 Å². The van der Waals surface area contributed by atoms with E-state index in [0.717, 1.165) is 19.2 Å². The normalized spacial score (nSPS) is 11.9. The highest BCUT2D eigenvalue weighted by atomic mass is 35.5. The molecular weight excluding hydrogens is 385 g/mol. The van der Waals surface area contributed by atoms with E-state index in [1.165, 1.54) is 24.3 Å². The summed E-state index contributed by atoms with van der Waals surface area (Å²) in [6.45, 7) is 0. The SMILES string of the molecule is COC(=O)c1ccccc1OS(=O)(=O)c1ccc(Cl)c(C(F)(F)F)c1. The quantitative estimate of drug-likeness (QED) is 0.581. The largest absolute Gasteiger partial charge is 0.465 e. The van der Waals surface area contributed by atoms with Crippen LogP contribution in [0.2, 0.25) is 5.02 Å². The van der Waals surface area contributed by atoms with Gasteiger partial charge in [-0.05, 0) is 30.3 Å². The van der Waals surface area contributed by atoms with Crippen molar-refractivity contribution < 1.29 is 35.3 Å². The fraction of sp³-hybridized carbons (Fsp3) is 0.133. The highest BCUT2D eigenvalue weighted by Gasteiger charge is 2.35. The highest BCUT2D eigenvalue weighted by molar-refractivity contribution is 7.87. The fourth-order valence-corrected chi connectivity index (χ4v) is 3.06. The predicted octanol–water partition coefficient (Wildman–Crippen LogP) is 3.91. The molecule has 0 heterocycles. The van der Waals surface area contributed by atoms with Gasteiger partial charge in [-0.15, -0.1) is 0 Å². The van der Waals surface area contributed by atoms with E-state index in [0.29, 0.717) is 6.07 Å². The Hall–Kier alpha value is -2.26. The molecule has 2 aromatic carbocycles.